The highest BCUT2D eigenvalue weighted by atomic mass is 32.2. The topological polar surface area (TPSA) is 84.2 Å². The summed E-state index contributed by atoms with van der Waals surface area (Å²) in [4.78, 5) is 0. The van der Waals surface area contributed by atoms with Crippen molar-refractivity contribution in [1.29, 1.82) is 0 Å². The van der Waals surface area contributed by atoms with Gasteiger partial charge in [-0.15, -0.1) is 0 Å². The molecule has 0 aromatic carbocycles. The average molecular weight is 261 g/mol. The van der Waals surface area contributed by atoms with E-state index in [2.05, 4.69) is 9.82 Å². The van der Waals surface area contributed by atoms with Gasteiger partial charge in [0.2, 0.25) is 10.0 Å². The van der Waals surface area contributed by atoms with Crippen LogP contribution in [0.3, 0.4) is 0 Å². The number of aliphatic hydroxyl groups excluding tert-OH is 1. The SMILES string of the molecule is Cc1nn(C)c(C)c1CNS(=O)(=O)C(C)CO. The molecule has 0 saturated heterocycles. The van der Waals surface area contributed by atoms with E-state index in [9.17, 15) is 8.42 Å². The molecule has 6 nitrogen and oxygen atoms in total. The third-order valence-electron chi connectivity index (χ3n) is 2.90. The van der Waals surface area contributed by atoms with Gasteiger partial charge in [-0.2, -0.15) is 5.10 Å². The molecule has 1 rings (SSSR count). The fourth-order valence-corrected chi connectivity index (χ4v) is 2.31. The van der Waals surface area contributed by atoms with Crippen LogP contribution in [-0.2, 0) is 23.6 Å². The van der Waals surface area contributed by atoms with Crippen LogP contribution in [0.1, 0.15) is 23.9 Å². The number of nitrogens with one attached hydrogen (secondary N) is 1. The lowest BCUT2D eigenvalue weighted by Gasteiger charge is -2.11. The van der Waals surface area contributed by atoms with E-state index in [0.717, 1.165) is 17.0 Å². The second-order valence-electron chi connectivity index (χ2n) is 4.13. The fourth-order valence-electron chi connectivity index (χ4n) is 1.49. The van der Waals surface area contributed by atoms with Crippen LogP contribution in [0, 0.1) is 13.8 Å². The van der Waals surface area contributed by atoms with Gasteiger partial charge in [0.15, 0.2) is 0 Å². The molecule has 0 aliphatic carbocycles. The first kappa shape index (κ1) is 14.1. The molecule has 0 aliphatic heterocycles. The van der Waals surface area contributed by atoms with Crippen molar-refractivity contribution in [1.82, 2.24) is 14.5 Å². The summed E-state index contributed by atoms with van der Waals surface area (Å²) in [6, 6.07) is 0. The Morgan fingerprint density at radius 2 is 2.06 bits per heavy atom. The van der Waals surface area contributed by atoms with Crippen LogP contribution in [0.5, 0.6) is 0 Å². The molecule has 17 heavy (non-hydrogen) atoms. The molecular formula is C10H19N3O3S. The van der Waals surface area contributed by atoms with Gasteiger partial charge >= 0.3 is 0 Å². The Morgan fingerprint density at radius 3 is 2.47 bits per heavy atom. The number of aryl methyl sites for hydroxylation is 2. The van der Waals surface area contributed by atoms with E-state index in [1.165, 1.54) is 6.92 Å². The van der Waals surface area contributed by atoms with Crippen LogP contribution in [0.25, 0.3) is 0 Å². The van der Waals surface area contributed by atoms with Gasteiger partial charge < -0.3 is 5.11 Å². The van der Waals surface area contributed by atoms with Crippen molar-refractivity contribution in [2.45, 2.75) is 32.6 Å². The molecule has 7 heteroatoms. The first-order valence-electron chi connectivity index (χ1n) is 5.38. The summed E-state index contributed by atoms with van der Waals surface area (Å²) in [6.07, 6.45) is 0. The monoisotopic (exact) mass is 261 g/mol. The summed E-state index contributed by atoms with van der Waals surface area (Å²) in [7, 11) is -1.65. The highest BCUT2D eigenvalue weighted by Crippen LogP contribution is 2.12. The Balaban J connectivity index is 2.81. The molecule has 1 unspecified atom stereocenters. The highest BCUT2D eigenvalue weighted by Gasteiger charge is 2.20. The van der Waals surface area contributed by atoms with Crippen molar-refractivity contribution < 1.29 is 13.5 Å². The van der Waals surface area contributed by atoms with E-state index in [4.69, 9.17) is 5.11 Å². The molecule has 0 fully saturated rings. The molecule has 98 valence electrons. The van der Waals surface area contributed by atoms with E-state index in [1.807, 2.05) is 20.9 Å². The maximum absolute atomic E-state index is 11.7. The number of nitrogens with zero attached hydrogens (tertiary/aromatic N) is 2. The van der Waals surface area contributed by atoms with Gasteiger partial charge in [0.05, 0.1) is 17.6 Å². The van der Waals surface area contributed by atoms with E-state index in [-0.39, 0.29) is 13.2 Å². The number of sulfonamides is 1. The fraction of sp³-hybridized carbons (Fsp3) is 0.700. The second kappa shape index (κ2) is 5.16. The maximum atomic E-state index is 11.7. The Bertz CT molecular complexity index is 493. The van der Waals surface area contributed by atoms with E-state index < -0.39 is 15.3 Å². The number of aliphatic hydroxyl groups is 1. The Hall–Kier alpha value is -0.920. The lowest BCUT2D eigenvalue weighted by molar-refractivity contribution is 0.294. The summed E-state index contributed by atoms with van der Waals surface area (Å²) < 4.78 is 27.5. The van der Waals surface area contributed by atoms with Crippen LogP contribution < -0.4 is 4.72 Å². The van der Waals surface area contributed by atoms with Gasteiger partial charge in [0.25, 0.3) is 0 Å². The minimum atomic E-state index is -3.47. The van der Waals surface area contributed by atoms with Gasteiger partial charge in [0, 0.05) is 24.8 Å². The molecule has 0 aliphatic rings. The van der Waals surface area contributed by atoms with E-state index >= 15 is 0 Å². The number of hydrogen-bond acceptors (Lipinski definition) is 4. The minimum Gasteiger partial charge on any atom is -0.395 e. The average Bonchev–Trinajstić information content (AvgIpc) is 2.50. The van der Waals surface area contributed by atoms with Crippen molar-refractivity contribution >= 4 is 10.0 Å². The lowest BCUT2D eigenvalue weighted by Crippen LogP contribution is -2.34. The summed E-state index contributed by atoms with van der Waals surface area (Å²) >= 11 is 0. The van der Waals surface area contributed by atoms with Gasteiger partial charge in [0.1, 0.15) is 0 Å². The number of rotatable bonds is 5. The Kier molecular flexibility index (Phi) is 4.29. The predicted molar refractivity (Wildman–Crippen MR) is 65.0 cm³/mol. The Morgan fingerprint density at radius 1 is 1.47 bits per heavy atom. The quantitative estimate of drug-likeness (QED) is 0.771. The summed E-state index contributed by atoms with van der Waals surface area (Å²) in [6.45, 7) is 5.01. The molecule has 1 heterocycles. The van der Waals surface area contributed by atoms with Gasteiger partial charge in [-0.25, -0.2) is 13.1 Å². The molecule has 1 aromatic rings. The van der Waals surface area contributed by atoms with Crippen LogP contribution >= 0.6 is 0 Å². The molecule has 0 amide bonds. The predicted octanol–water partition coefficient (Wildman–Crippen LogP) is -0.163. The van der Waals surface area contributed by atoms with Gasteiger partial charge in [-0.3, -0.25) is 4.68 Å². The summed E-state index contributed by atoms with van der Waals surface area (Å²) in [5, 5.41) is 12.2. The second-order valence-corrected chi connectivity index (χ2v) is 6.32. The first-order chi connectivity index (χ1) is 7.79. The molecule has 0 radical (unpaired) electrons. The normalized spacial score (nSPS) is 13.9. The zero-order chi connectivity index (χ0) is 13.2. The standard InChI is InChI=1S/C10H19N3O3S/c1-7(6-14)17(15,16)11-5-10-8(2)12-13(4)9(10)3/h7,11,14H,5-6H2,1-4H3. The van der Waals surface area contributed by atoms with Crippen molar-refractivity contribution in [3.63, 3.8) is 0 Å². The van der Waals surface area contributed by atoms with Crippen molar-refractivity contribution in [2.24, 2.45) is 7.05 Å². The van der Waals surface area contributed by atoms with Crippen molar-refractivity contribution in [3.05, 3.63) is 17.0 Å². The van der Waals surface area contributed by atoms with E-state index in [1.54, 1.807) is 4.68 Å². The Labute approximate surface area is 102 Å². The van der Waals surface area contributed by atoms with Crippen LogP contribution in [0.4, 0.5) is 0 Å². The largest absolute Gasteiger partial charge is 0.395 e. The van der Waals surface area contributed by atoms with Gasteiger partial charge in [-0.1, -0.05) is 0 Å². The molecule has 0 spiro atoms. The molecular weight excluding hydrogens is 242 g/mol. The molecule has 0 bridgehead atoms. The highest BCUT2D eigenvalue weighted by molar-refractivity contribution is 7.90. The first-order valence-corrected chi connectivity index (χ1v) is 6.92. The van der Waals surface area contributed by atoms with Crippen molar-refractivity contribution in [2.75, 3.05) is 6.61 Å². The van der Waals surface area contributed by atoms with Crippen LogP contribution in [0.2, 0.25) is 0 Å². The van der Waals surface area contributed by atoms with Gasteiger partial charge in [-0.05, 0) is 20.8 Å². The lowest BCUT2D eigenvalue weighted by atomic mass is 10.2. The number of hydrogen-bond donors (Lipinski definition) is 2. The molecule has 0 saturated carbocycles. The smallest absolute Gasteiger partial charge is 0.216 e. The molecule has 1 aromatic heterocycles. The number of aromatic nitrogens is 2. The van der Waals surface area contributed by atoms with Crippen LogP contribution in [-0.4, -0.2) is 35.2 Å². The van der Waals surface area contributed by atoms with Crippen molar-refractivity contribution in [3.8, 4) is 0 Å². The summed E-state index contributed by atoms with van der Waals surface area (Å²) in [5.41, 5.74) is 2.62. The molecule has 1 atom stereocenters. The third kappa shape index (κ3) is 3.05. The van der Waals surface area contributed by atoms with Crippen LogP contribution in [0.15, 0.2) is 0 Å². The summed E-state index contributed by atoms with van der Waals surface area (Å²) in [5.74, 6) is 0. The zero-order valence-electron chi connectivity index (χ0n) is 10.6. The maximum Gasteiger partial charge on any atom is 0.216 e. The zero-order valence-corrected chi connectivity index (χ0v) is 11.4. The van der Waals surface area contributed by atoms with E-state index in [0.29, 0.717) is 0 Å². The minimum absolute atomic E-state index is 0.207. The third-order valence-corrected chi connectivity index (χ3v) is 4.65. The molecule has 2 N–H and O–H groups in total.